The van der Waals surface area contributed by atoms with Gasteiger partial charge in [0, 0.05) is 36.3 Å². The van der Waals surface area contributed by atoms with E-state index in [2.05, 4.69) is 20.6 Å². The molecule has 1 saturated heterocycles. The Balaban J connectivity index is 1.37. The molecule has 0 bridgehead atoms. The van der Waals surface area contributed by atoms with Crippen molar-refractivity contribution in [2.24, 2.45) is 0 Å². The summed E-state index contributed by atoms with van der Waals surface area (Å²) in [6.07, 6.45) is -3.36. The highest BCUT2D eigenvalue weighted by atomic mass is 35.5. The molecule has 2 amide bonds. The Bertz CT molecular complexity index is 1290. The second-order valence-electron chi connectivity index (χ2n) is 8.42. The molecule has 1 aromatic heterocycles. The van der Waals surface area contributed by atoms with Crippen LogP contribution in [0.5, 0.6) is 0 Å². The van der Waals surface area contributed by atoms with Crippen LogP contribution in [-0.4, -0.2) is 34.0 Å². The third kappa shape index (κ3) is 5.91. The molecule has 5 N–H and O–H groups in total. The number of H-pyrrole nitrogens is 1. The van der Waals surface area contributed by atoms with Crippen molar-refractivity contribution in [1.82, 2.24) is 14.9 Å². The topological polar surface area (TPSA) is 116 Å². The highest BCUT2D eigenvalue weighted by molar-refractivity contribution is 6.31. The molecule has 0 aliphatic carbocycles. The number of alkyl halides is 3. The van der Waals surface area contributed by atoms with Crippen LogP contribution in [0, 0.1) is 0 Å². The normalized spacial score (nSPS) is 14.5. The fourth-order valence-electron chi connectivity index (χ4n) is 3.95. The minimum Gasteiger partial charge on any atom is -0.391 e. The van der Waals surface area contributed by atoms with E-state index in [1.54, 1.807) is 11.0 Å². The van der Waals surface area contributed by atoms with Crippen LogP contribution in [0.1, 0.15) is 35.7 Å². The van der Waals surface area contributed by atoms with Gasteiger partial charge in [0.1, 0.15) is 11.5 Å². The number of piperidine rings is 1. The first-order valence-corrected chi connectivity index (χ1v) is 11.6. The number of aromatic amines is 1. The number of nitrogen functional groups attached to an aromatic ring is 1. The van der Waals surface area contributed by atoms with E-state index in [9.17, 15) is 22.8 Å². The van der Waals surface area contributed by atoms with Gasteiger partial charge in [0.2, 0.25) is 0 Å². The molecule has 12 heteroatoms. The molecule has 36 heavy (non-hydrogen) atoms. The van der Waals surface area contributed by atoms with Crippen LogP contribution in [0.2, 0.25) is 5.02 Å². The van der Waals surface area contributed by atoms with E-state index in [1.807, 2.05) is 18.2 Å². The zero-order valence-corrected chi connectivity index (χ0v) is 19.8. The summed E-state index contributed by atoms with van der Waals surface area (Å²) in [6.45, 7) is 1.10. The van der Waals surface area contributed by atoms with Crippen molar-refractivity contribution in [3.63, 3.8) is 0 Å². The van der Waals surface area contributed by atoms with Gasteiger partial charge >= 0.3 is 12.2 Å². The zero-order valence-electron chi connectivity index (χ0n) is 19.0. The van der Waals surface area contributed by atoms with Crippen molar-refractivity contribution in [1.29, 1.82) is 0 Å². The third-order valence-electron chi connectivity index (χ3n) is 6.01. The molecule has 2 heterocycles. The molecule has 1 aliphatic rings. The number of aromatic nitrogens is 2. The van der Waals surface area contributed by atoms with E-state index in [-0.39, 0.29) is 23.1 Å². The van der Waals surface area contributed by atoms with Crippen molar-refractivity contribution in [3.05, 3.63) is 80.9 Å². The van der Waals surface area contributed by atoms with Gasteiger partial charge in [-0.15, -0.1) is 0 Å². The van der Waals surface area contributed by atoms with Crippen LogP contribution in [0.15, 0.2) is 53.3 Å². The van der Waals surface area contributed by atoms with Gasteiger partial charge in [-0.2, -0.15) is 13.2 Å². The van der Waals surface area contributed by atoms with E-state index in [1.165, 1.54) is 12.1 Å². The molecule has 0 unspecified atom stereocenters. The molecular formula is C24H24ClF3N6O2. The predicted octanol–water partition coefficient (Wildman–Crippen LogP) is 5.05. The van der Waals surface area contributed by atoms with Crippen LogP contribution < -0.4 is 21.9 Å². The molecule has 0 atom stereocenters. The first-order valence-electron chi connectivity index (χ1n) is 11.2. The van der Waals surface area contributed by atoms with Gasteiger partial charge in [0.25, 0.3) is 5.56 Å². The van der Waals surface area contributed by atoms with Crippen LogP contribution >= 0.6 is 11.6 Å². The Labute approximate surface area is 209 Å². The summed E-state index contributed by atoms with van der Waals surface area (Å²) in [6, 6.07) is 11.1. The number of carbonyl (C=O) groups is 1. The second kappa shape index (κ2) is 10.5. The number of likely N-dealkylation sites (tertiary alicyclic amines) is 1. The monoisotopic (exact) mass is 520 g/mol. The number of hydrogen-bond acceptors (Lipinski definition) is 5. The number of anilines is 3. The van der Waals surface area contributed by atoms with Crippen molar-refractivity contribution in [3.8, 4) is 0 Å². The largest absolute Gasteiger partial charge is 0.416 e. The quantitative estimate of drug-likeness (QED) is 0.376. The van der Waals surface area contributed by atoms with Crippen LogP contribution in [0.4, 0.5) is 35.2 Å². The maximum absolute atomic E-state index is 12.7. The van der Waals surface area contributed by atoms with Gasteiger partial charge < -0.3 is 26.3 Å². The minimum absolute atomic E-state index is 0.0286. The first kappa shape index (κ1) is 25.4. The van der Waals surface area contributed by atoms with Crippen LogP contribution in [-0.2, 0) is 12.7 Å². The third-order valence-corrected chi connectivity index (χ3v) is 6.38. The molecule has 2 aromatic carbocycles. The molecule has 8 nitrogen and oxygen atoms in total. The molecule has 3 aromatic rings. The average molecular weight is 521 g/mol. The Morgan fingerprint density at radius 1 is 1.14 bits per heavy atom. The number of carbonyl (C=O) groups excluding carboxylic acids is 1. The number of nitrogens with one attached hydrogen (secondary N) is 3. The summed E-state index contributed by atoms with van der Waals surface area (Å²) in [4.78, 5) is 33.8. The van der Waals surface area contributed by atoms with Gasteiger partial charge in [0.15, 0.2) is 5.82 Å². The molecular weight excluding hydrogens is 497 g/mol. The Morgan fingerprint density at radius 3 is 2.44 bits per heavy atom. The van der Waals surface area contributed by atoms with E-state index in [0.29, 0.717) is 43.3 Å². The number of nitrogens with two attached hydrogens (primary N) is 1. The van der Waals surface area contributed by atoms with Gasteiger partial charge in [-0.25, -0.2) is 9.78 Å². The molecule has 0 spiro atoms. The SMILES string of the molecule is Nc1c(NCc2ccccc2Cl)nc(C2CCN(C(=O)Nc3ccc(C(F)(F)F)cc3)CC2)[nH]c1=O. The van der Waals surface area contributed by atoms with Crippen molar-refractivity contribution in [2.75, 3.05) is 29.5 Å². The number of hydrogen-bond donors (Lipinski definition) is 4. The van der Waals surface area contributed by atoms with E-state index in [4.69, 9.17) is 17.3 Å². The van der Waals surface area contributed by atoms with Gasteiger partial charge in [0.05, 0.1) is 5.56 Å². The lowest BCUT2D eigenvalue weighted by Crippen LogP contribution is -2.41. The number of amides is 2. The van der Waals surface area contributed by atoms with Gasteiger partial charge in [-0.3, -0.25) is 4.79 Å². The van der Waals surface area contributed by atoms with Crippen LogP contribution in [0.3, 0.4) is 0 Å². The van der Waals surface area contributed by atoms with Crippen molar-refractivity contribution in [2.45, 2.75) is 31.5 Å². The Hall–Kier alpha value is -3.73. The van der Waals surface area contributed by atoms with Gasteiger partial charge in [-0.1, -0.05) is 29.8 Å². The summed E-state index contributed by atoms with van der Waals surface area (Å²) < 4.78 is 38.2. The molecule has 4 rings (SSSR count). The number of rotatable bonds is 5. The van der Waals surface area contributed by atoms with Crippen molar-refractivity contribution < 1.29 is 18.0 Å². The van der Waals surface area contributed by atoms with E-state index >= 15 is 0 Å². The number of benzene rings is 2. The lowest BCUT2D eigenvalue weighted by Gasteiger charge is -2.31. The summed E-state index contributed by atoms with van der Waals surface area (Å²) in [7, 11) is 0. The lowest BCUT2D eigenvalue weighted by atomic mass is 9.96. The van der Waals surface area contributed by atoms with Crippen LogP contribution in [0.25, 0.3) is 0 Å². The summed E-state index contributed by atoms with van der Waals surface area (Å²) in [5, 5.41) is 6.27. The van der Waals surface area contributed by atoms with E-state index < -0.39 is 23.3 Å². The molecule has 1 fully saturated rings. The highest BCUT2D eigenvalue weighted by Crippen LogP contribution is 2.30. The Kier molecular flexibility index (Phi) is 7.39. The van der Waals surface area contributed by atoms with E-state index in [0.717, 1.165) is 17.7 Å². The lowest BCUT2D eigenvalue weighted by molar-refractivity contribution is -0.137. The van der Waals surface area contributed by atoms with Gasteiger partial charge in [-0.05, 0) is 48.7 Å². The Morgan fingerprint density at radius 2 is 1.81 bits per heavy atom. The summed E-state index contributed by atoms with van der Waals surface area (Å²) >= 11 is 6.19. The number of halogens is 4. The number of urea groups is 1. The second-order valence-corrected chi connectivity index (χ2v) is 8.83. The first-order chi connectivity index (χ1) is 17.1. The minimum atomic E-state index is -4.44. The fraction of sp³-hybridized carbons (Fsp3) is 0.292. The molecule has 0 saturated carbocycles. The van der Waals surface area contributed by atoms with Crippen molar-refractivity contribution >= 4 is 34.8 Å². The summed E-state index contributed by atoms with van der Waals surface area (Å²) in [5.74, 6) is 0.629. The standard InChI is InChI=1S/C24H24ClF3N6O2/c25-18-4-2-1-3-15(18)13-30-21-19(29)22(35)33-20(32-21)14-9-11-34(12-10-14)23(36)31-17-7-5-16(6-8-17)24(26,27)28/h1-8,14H,9-13,29H2,(H,31,36)(H2,30,32,33,35). The maximum atomic E-state index is 12.7. The predicted molar refractivity (Wildman–Crippen MR) is 132 cm³/mol. The number of nitrogens with zero attached hydrogens (tertiary/aromatic N) is 2. The molecule has 0 radical (unpaired) electrons. The zero-order chi connectivity index (χ0) is 25.9. The fourth-order valence-corrected chi connectivity index (χ4v) is 4.15. The maximum Gasteiger partial charge on any atom is 0.416 e. The molecule has 1 aliphatic heterocycles. The highest BCUT2D eigenvalue weighted by Gasteiger charge is 2.30. The average Bonchev–Trinajstić information content (AvgIpc) is 2.85. The molecule has 190 valence electrons. The summed E-state index contributed by atoms with van der Waals surface area (Å²) in [5.41, 5.74) is 5.76. The smallest absolute Gasteiger partial charge is 0.391 e.